The van der Waals surface area contributed by atoms with Crippen LogP contribution in [0.1, 0.15) is 74.7 Å². The van der Waals surface area contributed by atoms with Crippen molar-refractivity contribution in [2.24, 2.45) is 5.73 Å². The highest BCUT2D eigenvalue weighted by atomic mass is 15.4. The first-order valence-electron chi connectivity index (χ1n) is 7.04. The molecule has 0 spiro atoms. The Morgan fingerprint density at radius 1 is 1.06 bits per heavy atom. The average molecular weight is 234 g/mol. The molecule has 2 saturated carbocycles. The van der Waals surface area contributed by atoms with E-state index >= 15 is 0 Å². The standard InChI is InChI=1S/C13H22N4/c14-9-12-13(10-5-2-1-3-6-10)15-16-17(12)11-7-4-8-11/h10-11H,1-9,14H2. The van der Waals surface area contributed by atoms with Gasteiger partial charge >= 0.3 is 0 Å². The Morgan fingerprint density at radius 2 is 1.82 bits per heavy atom. The number of nitrogens with two attached hydrogens (primary N) is 1. The van der Waals surface area contributed by atoms with E-state index in [9.17, 15) is 0 Å². The van der Waals surface area contributed by atoms with Gasteiger partial charge in [-0.15, -0.1) is 5.10 Å². The summed E-state index contributed by atoms with van der Waals surface area (Å²) in [5.74, 6) is 0.621. The lowest BCUT2D eigenvalue weighted by Crippen LogP contribution is -2.22. The summed E-state index contributed by atoms with van der Waals surface area (Å²) in [6.07, 6.45) is 10.4. The van der Waals surface area contributed by atoms with Crippen LogP contribution < -0.4 is 5.73 Å². The summed E-state index contributed by atoms with van der Waals surface area (Å²) in [4.78, 5) is 0. The second-order valence-electron chi connectivity index (χ2n) is 5.49. The monoisotopic (exact) mass is 234 g/mol. The number of rotatable bonds is 3. The Labute approximate surface area is 103 Å². The minimum atomic E-state index is 0.582. The molecule has 0 unspecified atom stereocenters. The summed E-state index contributed by atoms with van der Waals surface area (Å²) < 4.78 is 2.12. The zero-order chi connectivity index (χ0) is 11.7. The van der Waals surface area contributed by atoms with Crippen LogP contribution in [-0.2, 0) is 6.54 Å². The lowest BCUT2D eigenvalue weighted by molar-refractivity contribution is 0.277. The smallest absolute Gasteiger partial charge is 0.0903 e. The number of nitrogens with zero attached hydrogens (tertiary/aromatic N) is 3. The van der Waals surface area contributed by atoms with Gasteiger partial charge in [-0.25, -0.2) is 4.68 Å². The summed E-state index contributed by atoms with van der Waals surface area (Å²) in [6, 6.07) is 0.582. The molecular weight excluding hydrogens is 212 g/mol. The van der Waals surface area contributed by atoms with Gasteiger partial charge in [-0.05, 0) is 32.1 Å². The summed E-state index contributed by atoms with van der Waals surface area (Å²) in [5, 5.41) is 8.82. The third-order valence-electron chi connectivity index (χ3n) is 4.43. The molecule has 1 aromatic rings. The first-order chi connectivity index (χ1) is 8.40. The van der Waals surface area contributed by atoms with E-state index in [4.69, 9.17) is 5.73 Å². The first kappa shape index (κ1) is 11.2. The van der Waals surface area contributed by atoms with Crippen LogP contribution in [0, 0.1) is 0 Å². The van der Waals surface area contributed by atoms with Crippen LogP contribution in [0.5, 0.6) is 0 Å². The fourth-order valence-electron chi connectivity index (χ4n) is 3.14. The lowest BCUT2D eigenvalue weighted by atomic mass is 9.86. The topological polar surface area (TPSA) is 56.7 Å². The van der Waals surface area contributed by atoms with Gasteiger partial charge in [0.2, 0.25) is 0 Å². The molecule has 94 valence electrons. The van der Waals surface area contributed by atoms with Crippen LogP contribution in [0.25, 0.3) is 0 Å². The molecule has 0 aliphatic heterocycles. The van der Waals surface area contributed by atoms with Crippen LogP contribution >= 0.6 is 0 Å². The van der Waals surface area contributed by atoms with Crippen LogP contribution in [0.4, 0.5) is 0 Å². The fourth-order valence-corrected chi connectivity index (χ4v) is 3.14. The number of hydrogen-bond acceptors (Lipinski definition) is 3. The van der Waals surface area contributed by atoms with E-state index in [1.165, 1.54) is 62.8 Å². The molecule has 17 heavy (non-hydrogen) atoms. The highest BCUT2D eigenvalue weighted by Crippen LogP contribution is 2.36. The number of aromatic nitrogens is 3. The first-order valence-corrected chi connectivity index (χ1v) is 7.04. The Bertz CT molecular complexity index is 375. The zero-order valence-corrected chi connectivity index (χ0v) is 10.4. The van der Waals surface area contributed by atoms with Crippen molar-refractivity contribution in [2.45, 2.75) is 69.9 Å². The summed E-state index contributed by atoms with van der Waals surface area (Å²) in [7, 11) is 0. The van der Waals surface area contributed by atoms with Gasteiger partial charge in [-0.1, -0.05) is 24.5 Å². The molecule has 1 aromatic heterocycles. The Morgan fingerprint density at radius 3 is 2.41 bits per heavy atom. The molecule has 0 saturated heterocycles. The van der Waals surface area contributed by atoms with E-state index in [-0.39, 0.29) is 0 Å². The van der Waals surface area contributed by atoms with E-state index in [1.807, 2.05) is 0 Å². The van der Waals surface area contributed by atoms with Gasteiger partial charge in [-0.3, -0.25) is 0 Å². The summed E-state index contributed by atoms with van der Waals surface area (Å²) in [5.41, 5.74) is 8.34. The van der Waals surface area contributed by atoms with Crippen LogP contribution in [0.15, 0.2) is 0 Å². The van der Waals surface area contributed by atoms with E-state index < -0.39 is 0 Å². The normalized spacial score (nSPS) is 22.6. The molecule has 2 aliphatic carbocycles. The summed E-state index contributed by atoms with van der Waals surface area (Å²) in [6.45, 7) is 0.593. The van der Waals surface area contributed by atoms with Crippen molar-refractivity contribution >= 4 is 0 Å². The molecule has 0 bridgehead atoms. The Balaban J connectivity index is 1.85. The van der Waals surface area contributed by atoms with Crippen molar-refractivity contribution in [3.05, 3.63) is 11.4 Å². The number of hydrogen-bond donors (Lipinski definition) is 1. The molecule has 3 rings (SSSR count). The second kappa shape index (κ2) is 4.77. The van der Waals surface area contributed by atoms with Gasteiger partial charge < -0.3 is 5.73 Å². The molecule has 0 aromatic carbocycles. The maximum Gasteiger partial charge on any atom is 0.0903 e. The fraction of sp³-hybridized carbons (Fsp3) is 0.846. The maximum absolute atomic E-state index is 5.92. The lowest BCUT2D eigenvalue weighted by Gasteiger charge is -2.27. The Hall–Kier alpha value is -0.900. The zero-order valence-electron chi connectivity index (χ0n) is 10.4. The van der Waals surface area contributed by atoms with Crippen molar-refractivity contribution in [1.82, 2.24) is 15.0 Å². The highest BCUT2D eigenvalue weighted by Gasteiger charge is 2.28. The molecule has 4 heteroatoms. The Kier molecular flexibility index (Phi) is 3.14. The average Bonchev–Trinajstić information content (AvgIpc) is 2.71. The largest absolute Gasteiger partial charge is 0.325 e. The van der Waals surface area contributed by atoms with Crippen molar-refractivity contribution in [3.8, 4) is 0 Å². The minimum absolute atomic E-state index is 0.582. The van der Waals surface area contributed by atoms with Crippen molar-refractivity contribution < 1.29 is 0 Å². The predicted molar refractivity (Wildman–Crippen MR) is 66.6 cm³/mol. The second-order valence-corrected chi connectivity index (χ2v) is 5.49. The molecule has 0 amide bonds. The van der Waals surface area contributed by atoms with E-state index in [2.05, 4.69) is 15.0 Å². The van der Waals surface area contributed by atoms with Gasteiger partial charge in [0, 0.05) is 12.5 Å². The van der Waals surface area contributed by atoms with E-state index in [0.29, 0.717) is 18.5 Å². The minimum Gasteiger partial charge on any atom is -0.325 e. The van der Waals surface area contributed by atoms with Crippen molar-refractivity contribution in [3.63, 3.8) is 0 Å². The van der Waals surface area contributed by atoms with Gasteiger partial charge in [0.1, 0.15) is 0 Å². The molecule has 4 nitrogen and oxygen atoms in total. The molecule has 2 fully saturated rings. The SMILES string of the molecule is NCc1c(C2CCCCC2)nnn1C1CCC1. The highest BCUT2D eigenvalue weighted by molar-refractivity contribution is 5.17. The van der Waals surface area contributed by atoms with E-state index in [0.717, 1.165) is 0 Å². The van der Waals surface area contributed by atoms with Gasteiger partial charge in [-0.2, -0.15) is 0 Å². The third-order valence-corrected chi connectivity index (χ3v) is 4.43. The molecule has 2 aliphatic rings. The van der Waals surface area contributed by atoms with Crippen LogP contribution in [0.2, 0.25) is 0 Å². The third kappa shape index (κ3) is 1.99. The van der Waals surface area contributed by atoms with E-state index in [1.54, 1.807) is 0 Å². The molecule has 0 atom stereocenters. The molecule has 0 radical (unpaired) electrons. The molecular formula is C13H22N4. The predicted octanol–water partition coefficient (Wildman–Crippen LogP) is 2.51. The van der Waals surface area contributed by atoms with Crippen molar-refractivity contribution in [1.29, 1.82) is 0 Å². The summed E-state index contributed by atoms with van der Waals surface area (Å²) >= 11 is 0. The van der Waals surface area contributed by atoms with Gasteiger partial charge in [0.05, 0.1) is 17.4 Å². The van der Waals surface area contributed by atoms with Crippen LogP contribution in [0.3, 0.4) is 0 Å². The van der Waals surface area contributed by atoms with Crippen molar-refractivity contribution in [2.75, 3.05) is 0 Å². The quantitative estimate of drug-likeness (QED) is 0.874. The maximum atomic E-state index is 5.92. The van der Waals surface area contributed by atoms with Gasteiger partial charge in [0.15, 0.2) is 0 Å². The molecule has 1 heterocycles. The van der Waals surface area contributed by atoms with Crippen LogP contribution in [-0.4, -0.2) is 15.0 Å². The van der Waals surface area contributed by atoms with Gasteiger partial charge in [0.25, 0.3) is 0 Å². The molecule has 2 N–H and O–H groups in total.